The van der Waals surface area contributed by atoms with Gasteiger partial charge in [0.2, 0.25) is 5.91 Å². The fourth-order valence-electron chi connectivity index (χ4n) is 1.73. The van der Waals surface area contributed by atoms with Gasteiger partial charge in [-0.3, -0.25) is 4.79 Å². The van der Waals surface area contributed by atoms with Crippen LogP contribution < -0.4 is 11.1 Å². The van der Waals surface area contributed by atoms with Crippen molar-refractivity contribution in [3.05, 3.63) is 0 Å². The van der Waals surface area contributed by atoms with Crippen LogP contribution in [0.25, 0.3) is 0 Å². The van der Waals surface area contributed by atoms with Crippen molar-refractivity contribution in [2.24, 2.45) is 11.7 Å². The Morgan fingerprint density at radius 2 is 2.10 bits per heavy atom. The van der Waals surface area contributed by atoms with Crippen molar-refractivity contribution in [1.82, 2.24) is 10.2 Å². The third-order valence-electron chi connectivity index (χ3n) is 3.02. The first-order valence-electron chi connectivity index (χ1n) is 6.44. The number of carbonyl (C=O) groups is 3. The summed E-state index contributed by atoms with van der Waals surface area (Å²) in [5.74, 6) is 1.02. The van der Waals surface area contributed by atoms with E-state index >= 15 is 0 Å². The minimum Gasteiger partial charge on any atom is -0.480 e. The standard InChI is InChI=1S/C13H19N3O4/c1-2-7-16(8-9-3-4-9)13(20)15-10(12(18)19)5-6-11(14)17/h1,9-10H,3-8H2,(H2,14,17)(H,15,20)(H,18,19). The van der Waals surface area contributed by atoms with E-state index in [1.165, 1.54) is 4.90 Å². The van der Waals surface area contributed by atoms with Crippen molar-refractivity contribution < 1.29 is 19.5 Å². The summed E-state index contributed by atoms with van der Waals surface area (Å²) >= 11 is 0. The summed E-state index contributed by atoms with van der Waals surface area (Å²) in [6.45, 7) is 0.655. The Labute approximate surface area is 117 Å². The molecule has 3 amide bonds. The van der Waals surface area contributed by atoms with Crippen molar-refractivity contribution in [2.75, 3.05) is 13.1 Å². The first-order valence-corrected chi connectivity index (χ1v) is 6.44. The molecule has 4 N–H and O–H groups in total. The zero-order valence-corrected chi connectivity index (χ0v) is 11.2. The molecule has 0 aliphatic heterocycles. The molecule has 0 aromatic rings. The van der Waals surface area contributed by atoms with Gasteiger partial charge in [-0.1, -0.05) is 5.92 Å². The van der Waals surface area contributed by atoms with Crippen LogP contribution in [-0.2, 0) is 9.59 Å². The first-order chi connectivity index (χ1) is 9.43. The summed E-state index contributed by atoms with van der Waals surface area (Å²) in [5.41, 5.74) is 4.97. The highest BCUT2D eigenvalue weighted by Crippen LogP contribution is 2.29. The number of primary amides is 1. The molecule has 1 aliphatic carbocycles. The summed E-state index contributed by atoms with van der Waals surface area (Å²) in [6, 6.07) is -1.67. The van der Waals surface area contributed by atoms with Crippen LogP contribution in [0.15, 0.2) is 0 Å². The normalized spacial score (nSPS) is 14.9. The summed E-state index contributed by atoms with van der Waals surface area (Å²) in [7, 11) is 0. The van der Waals surface area contributed by atoms with E-state index in [1.807, 2.05) is 0 Å². The Morgan fingerprint density at radius 1 is 1.45 bits per heavy atom. The molecule has 0 saturated heterocycles. The van der Waals surface area contributed by atoms with Gasteiger partial charge in [-0.2, -0.15) is 0 Å². The molecule has 0 spiro atoms. The highest BCUT2D eigenvalue weighted by atomic mass is 16.4. The van der Waals surface area contributed by atoms with Crippen LogP contribution >= 0.6 is 0 Å². The van der Waals surface area contributed by atoms with Crippen molar-refractivity contribution in [3.63, 3.8) is 0 Å². The maximum atomic E-state index is 12.0. The van der Waals surface area contributed by atoms with Gasteiger partial charge in [0, 0.05) is 13.0 Å². The molecule has 110 valence electrons. The molecule has 1 aliphatic rings. The molecule has 0 aromatic carbocycles. The van der Waals surface area contributed by atoms with E-state index in [0.29, 0.717) is 12.5 Å². The number of hydrogen-bond donors (Lipinski definition) is 3. The van der Waals surface area contributed by atoms with Crippen LogP contribution in [-0.4, -0.2) is 47.0 Å². The SMILES string of the molecule is C#CCN(CC1CC1)C(=O)NC(CCC(N)=O)C(=O)O. The number of hydrogen-bond acceptors (Lipinski definition) is 3. The lowest BCUT2D eigenvalue weighted by molar-refractivity contribution is -0.139. The maximum absolute atomic E-state index is 12.0. The van der Waals surface area contributed by atoms with Gasteiger partial charge in [0.15, 0.2) is 0 Å². The Morgan fingerprint density at radius 3 is 2.55 bits per heavy atom. The van der Waals surface area contributed by atoms with Crippen molar-refractivity contribution in [2.45, 2.75) is 31.7 Å². The second-order valence-corrected chi connectivity index (χ2v) is 4.87. The fourth-order valence-corrected chi connectivity index (χ4v) is 1.73. The van der Waals surface area contributed by atoms with Crippen LogP contribution in [0.5, 0.6) is 0 Å². The van der Waals surface area contributed by atoms with Crippen molar-refractivity contribution in [1.29, 1.82) is 0 Å². The molecule has 0 bridgehead atoms. The number of terminal acetylenes is 1. The third-order valence-corrected chi connectivity index (χ3v) is 3.02. The van der Waals surface area contributed by atoms with Gasteiger partial charge in [0.25, 0.3) is 0 Å². The monoisotopic (exact) mass is 281 g/mol. The highest BCUT2D eigenvalue weighted by Gasteiger charge is 2.28. The number of rotatable bonds is 8. The van der Waals surface area contributed by atoms with E-state index in [4.69, 9.17) is 17.3 Å². The van der Waals surface area contributed by atoms with Gasteiger partial charge in [-0.05, 0) is 25.2 Å². The molecule has 1 rings (SSSR count). The summed E-state index contributed by atoms with van der Waals surface area (Å²) < 4.78 is 0. The molecule has 0 heterocycles. The minimum atomic E-state index is -1.20. The summed E-state index contributed by atoms with van der Waals surface area (Å²) in [5, 5.41) is 11.4. The number of nitrogens with zero attached hydrogens (tertiary/aromatic N) is 1. The zero-order chi connectivity index (χ0) is 15.1. The van der Waals surface area contributed by atoms with Crippen LogP contribution in [0.3, 0.4) is 0 Å². The van der Waals surface area contributed by atoms with E-state index in [0.717, 1.165) is 12.8 Å². The molecule has 1 saturated carbocycles. The van der Waals surface area contributed by atoms with E-state index in [9.17, 15) is 14.4 Å². The number of nitrogens with one attached hydrogen (secondary N) is 1. The molecule has 7 heteroatoms. The molecule has 1 fully saturated rings. The Kier molecular flexibility index (Phi) is 5.84. The number of urea groups is 1. The quantitative estimate of drug-likeness (QED) is 0.533. The first kappa shape index (κ1) is 15.8. The van der Waals surface area contributed by atoms with E-state index < -0.39 is 23.9 Å². The van der Waals surface area contributed by atoms with Gasteiger partial charge in [-0.25, -0.2) is 9.59 Å². The molecular weight excluding hydrogens is 262 g/mol. The van der Waals surface area contributed by atoms with Crippen LogP contribution in [0.1, 0.15) is 25.7 Å². The molecule has 20 heavy (non-hydrogen) atoms. The molecule has 0 radical (unpaired) electrons. The van der Waals surface area contributed by atoms with Gasteiger partial charge in [0.05, 0.1) is 6.54 Å². The number of nitrogens with two attached hydrogens (primary N) is 1. The summed E-state index contributed by atoms with van der Waals surface area (Å²) in [6.07, 6.45) is 7.17. The lowest BCUT2D eigenvalue weighted by Gasteiger charge is -2.23. The van der Waals surface area contributed by atoms with Crippen LogP contribution in [0.4, 0.5) is 4.79 Å². The molecule has 1 unspecified atom stereocenters. The van der Waals surface area contributed by atoms with Gasteiger partial charge >= 0.3 is 12.0 Å². The topological polar surface area (TPSA) is 113 Å². The number of carboxylic acid groups (broad SMARTS) is 1. The minimum absolute atomic E-state index is 0.0380. The number of amides is 3. The second kappa shape index (κ2) is 7.38. The third kappa shape index (κ3) is 5.61. The lowest BCUT2D eigenvalue weighted by atomic mass is 10.1. The largest absolute Gasteiger partial charge is 0.480 e. The van der Waals surface area contributed by atoms with Crippen LogP contribution in [0, 0.1) is 18.3 Å². The van der Waals surface area contributed by atoms with Gasteiger partial charge in [-0.15, -0.1) is 6.42 Å². The second-order valence-electron chi connectivity index (χ2n) is 4.87. The van der Waals surface area contributed by atoms with E-state index in [-0.39, 0.29) is 19.4 Å². The molecule has 1 atom stereocenters. The zero-order valence-electron chi connectivity index (χ0n) is 11.2. The Balaban J connectivity index is 2.54. The number of aliphatic carboxylic acids is 1. The predicted octanol–water partition coefficient (Wildman–Crippen LogP) is -0.240. The smallest absolute Gasteiger partial charge is 0.326 e. The average molecular weight is 281 g/mol. The number of carbonyl (C=O) groups excluding carboxylic acids is 2. The van der Waals surface area contributed by atoms with Crippen molar-refractivity contribution >= 4 is 17.9 Å². The fraction of sp³-hybridized carbons (Fsp3) is 0.615. The maximum Gasteiger partial charge on any atom is 0.326 e. The lowest BCUT2D eigenvalue weighted by Crippen LogP contribution is -2.49. The highest BCUT2D eigenvalue weighted by molar-refractivity contribution is 5.83. The summed E-state index contributed by atoms with van der Waals surface area (Å²) in [4.78, 5) is 35.1. The van der Waals surface area contributed by atoms with E-state index in [1.54, 1.807) is 0 Å². The molecule has 7 nitrogen and oxygen atoms in total. The average Bonchev–Trinajstić information content (AvgIpc) is 3.17. The van der Waals surface area contributed by atoms with Crippen LogP contribution in [0.2, 0.25) is 0 Å². The molecular formula is C13H19N3O4. The van der Waals surface area contributed by atoms with Crippen molar-refractivity contribution in [3.8, 4) is 12.3 Å². The predicted molar refractivity (Wildman–Crippen MR) is 71.5 cm³/mol. The Bertz CT molecular complexity index is 426. The van der Waals surface area contributed by atoms with Gasteiger partial charge in [0.1, 0.15) is 6.04 Å². The molecule has 0 aromatic heterocycles. The Hall–Kier alpha value is -2.23. The van der Waals surface area contributed by atoms with Gasteiger partial charge < -0.3 is 21.1 Å². The number of carboxylic acids is 1. The van der Waals surface area contributed by atoms with E-state index in [2.05, 4.69) is 11.2 Å².